The summed E-state index contributed by atoms with van der Waals surface area (Å²) in [4.78, 5) is 35.1. The number of phosphoric ester groups is 1. The molecule has 0 aromatic rings. The Morgan fingerprint density at radius 2 is 0.776 bits per heavy atom. The normalized spacial score (nSPS) is 13.4. The quantitative estimate of drug-likeness (QED) is 0.0264. The van der Waals surface area contributed by atoms with Crippen molar-refractivity contribution in [1.82, 2.24) is 0 Å². The molecule has 0 rings (SSSR count). The van der Waals surface area contributed by atoms with Gasteiger partial charge in [0.2, 0.25) is 0 Å². The van der Waals surface area contributed by atoms with E-state index in [0.717, 1.165) is 64.2 Å². The predicted octanol–water partition coefficient (Wildman–Crippen LogP) is 17.4. The third kappa shape index (κ3) is 53.2. The molecule has 0 heterocycles. The molecule has 0 saturated carbocycles. The van der Waals surface area contributed by atoms with E-state index in [2.05, 4.69) is 62.5 Å². The molecule has 0 aliphatic heterocycles. The third-order valence-corrected chi connectivity index (χ3v) is 13.2. The maximum Gasteiger partial charge on any atom is 0.472 e. The minimum atomic E-state index is -4.39. The molecular weight excluding hydrogens is 858 g/mol. The van der Waals surface area contributed by atoms with E-state index >= 15 is 0 Å². The Labute approximate surface area is 413 Å². The lowest BCUT2D eigenvalue weighted by molar-refractivity contribution is -0.161. The molecule has 0 aliphatic carbocycles. The summed E-state index contributed by atoms with van der Waals surface area (Å²) >= 11 is 0. The molecule has 0 aliphatic rings. The summed E-state index contributed by atoms with van der Waals surface area (Å²) in [6.45, 7) is 3.71. The maximum absolute atomic E-state index is 12.7. The minimum Gasteiger partial charge on any atom is -0.462 e. The first-order chi connectivity index (χ1) is 32.8. The van der Waals surface area contributed by atoms with Gasteiger partial charge < -0.3 is 20.1 Å². The van der Waals surface area contributed by atoms with E-state index in [9.17, 15) is 19.0 Å². The first-order valence-electron chi connectivity index (χ1n) is 28.1. The number of nitrogens with two attached hydrogens (primary N) is 1. The van der Waals surface area contributed by atoms with E-state index in [1.807, 2.05) is 0 Å². The Morgan fingerprint density at radius 1 is 0.448 bits per heavy atom. The third-order valence-electron chi connectivity index (χ3n) is 12.2. The summed E-state index contributed by atoms with van der Waals surface area (Å²) in [5, 5.41) is 0. The van der Waals surface area contributed by atoms with Crippen LogP contribution >= 0.6 is 7.82 Å². The number of esters is 2. The van der Waals surface area contributed by atoms with Crippen LogP contribution in [-0.4, -0.2) is 49.3 Å². The Bertz CT molecular complexity index is 1240. The Kier molecular flexibility index (Phi) is 51.7. The zero-order valence-corrected chi connectivity index (χ0v) is 44.5. The molecule has 9 nitrogen and oxygen atoms in total. The van der Waals surface area contributed by atoms with Crippen LogP contribution in [0, 0.1) is 0 Å². The molecule has 0 radical (unpaired) electrons. The molecule has 0 bridgehead atoms. The van der Waals surface area contributed by atoms with Crippen molar-refractivity contribution in [2.45, 2.75) is 277 Å². The molecule has 0 spiro atoms. The van der Waals surface area contributed by atoms with E-state index in [1.54, 1.807) is 0 Å². The number of hydrogen-bond acceptors (Lipinski definition) is 8. The molecule has 0 saturated heterocycles. The van der Waals surface area contributed by atoms with E-state index in [4.69, 9.17) is 24.3 Å². The molecule has 0 fully saturated rings. The minimum absolute atomic E-state index is 0.0515. The molecule has 3 N–H and O–H groups in total. The fourth-order valence-corrected chi connectivity index (χ4v) is 8.76. The zero-order chi connectivity index (χ0) is 48.8. The van der Waals surface area contributed by atoms with Crippen LogP contribution in [0.15, 0.2) is 48.6 Å². The molecule has 2 unspecified atom stereocenters. The number of unbranched alkanes of at least 4 members (excludes halogenated alkanes) is 32. The van der Waals surface area contributed by atoms with Crippen molar-refractivity contribution in [2.24, 2.45) is 5.73 Å². The largest absolute Gasteiger partial charge is 0.472 e. The fraction of sp³-hybridized carbons (Fsp3) is 0.825. The van der Waals surface area contributed by atoms with E-state index < -0.39 is 32.5 Å². The molecule has 2 atom stereocenters. The lowest BCUT2D eigenvalue weighted by Gasteiger charge is -2.19. The van der Waals surface area contributed by atoms with E-state index in [-0.39, 0.29) is 32.6 Å². The van der Waals surface area contributed by atoms with Crippen molar-refractivity contribution in [2.75, 3.05) is 26.4 Å². The van der Waals surface area contributed by atoms with E-state index in [0.29, 0.717) is 6.42 Å². The van der Waals surface area contributed by atoms with Gasteiger partial charge in [-0.2, -0.15) is 0 Å². The number of carbonyl (C=O) groups is 2. The van der Waals surface area contributed by atoms with Gasteiger partial charge >= 0.3 is 19.8 Å². The highest BCUT2D eigenvalue weighted by molar-refractivity contribution is 7.47. The highest BCUT2D eigenvalue weighted by atomic mass is 31.2. The zero-order valence-electron chi connectivity index (χ0n) is 43.6. The summed E-state index contributed by atoms with van der Waals surface area (Å²) < 4.78 is 33.0. The second kappa shape index (κ2) is 53.3. The van der Waals surface area contributed by atoms with Crippen LogP contribution < -0.4 is 5.73 Å². The van der Waals surface area contributed by atoms with Crippen LogP contribution in [0.2, 0.25) is 0 Å². The van der Waals surface area contributed by atoms with Gasteiger partial charge in [0.15, 0.2) is 6.10 Å². The standard InChI is InChI=1S/C57H106NO8P/c1-3-5-7-9-11-13-15-17-19-20-21-22-23-24-25-26-27-28-29-30-31-32-33-34-36-38-40-42-44-46-48-50-57(60)66-55(54-65-67(61,62)64-52-51-58)53-63-56(59)49-47-45-43-41-39-37-35-18-16-14-12-10-8-6-4-2/h12,14-15,17-18,20-21,35,55H,3-11,13,16,19,22-34,36-54,58H2,1-2H3,(H,61,62)/b14-12-,17-15-,21-20-,35-18-. The Morgan fingerprint density at radius 3 is 1.16 bits per heavy atom. The number of allylic oxidation sites excluding steroid dienone is 8. The Hall–Kier alpha value is -2.03. The average Bonchev–Trinajstić information content (AvgIpc) is 3.32. The van der Waals surface area contributed by atoms with E-state index in [1.165, 1.54) is 173 Å². The first kappa shape index (κ1) is 65.0. The molecule has 392 valence electrons. The average molecular weight is 964 g/mol. The van der Waals surface area contributed by atoms with Gasteiger partial charge in [0.05, 0.1) is 13.2 Å². The molecule has 0 aromatic heterocycles. The maximum atomic E-state index is 12.7. The van der Waals surface area contributed by atoms with Gasteiger partial charge in [0.1, 0.15) is 6.61 Å². The van der Waals surface area contributed by atoms with Gasteiger partial charge in [-0.05, 0) is 77.0 Å². The van der Waals surface area contributed by atoms with Crippen molar-refractivity contribution in [1.29, 1.82) is 0 Å². The van der Waals surface area contributed by atoms with Crippen LogP contribution in [0.25, 0.3) is 0 Å². The van der Waals surface area contributed by atoms with Gasteiger partial charge in [-0.3, -0.25) is 18.6 Å². The van der Waals surface area contributed by atoms with Crippen LogP contribution in [0.3, 0.4) is 0 Å². The first-order valence-corrected chi connectivity index (χ1v) is 29.6. The second-order valence-corrected chi connectivity index (χ2v) is 20.3. The molecule has 10 heteroatoms. The summed E-state index contributed by atoms with van der Waals surface area (Å²) in [5.41, 5.74) is 5.37. The monoisotopic (exact) mass is 964 g/mol. The van der Waals surface area contributed by atoms with Crippen molar-refractivity contribution in [3.63, 3.8) is 0 Å². The van der Waals surface area contributed by atoms with Crippen LogP contribution in [-0.2, 0) is 32.7 Å². The number of hydrogen-bond donors (Lipinski definition) is 2. The number of carbonyl (C=O) groups excluding carboxylic acids is 2. The molecular formula is C57H106NO8P. The lowest BCUT2D eigenvalue weighted by Crippen LogP contribution is -2.29. The van der Waals surface area contributed by atoms with Gasteiger partial charge in [-0.1, -0.05) is 229 Å². The second-order valence-electron chi connectivity index (χ2n) is 18.8. The predicted molar refractivity (Wildman–Crippen MR) is 284 cm³/mol. The van der Waals surface area contributed by atoms with Crippen LogP contribution in [0.5, 0.6) is 0 Å². The van der Waals surface area contributed by atoms with Crippen molar-refractivity contribution >= 4 is 19.8 Å². The molecule has 67 heavy (non-hydrogen) atoms. The number of ether oxygens (including phenoxy) is 2. The Balaban J connectivity index is 3.90. The van der Waals surface area contributed by atoms with Gasteiger partial charge in [-0.15, -0.1) is 0 Å². The van der Waals surface area contributed by atoms with Crippen LogP contribution in [0.4, 0.5) is 0 Å². The van der Waals surface area contributed by atoms with Gasteiger partial charge in [-0.25, -0.2) is 4.57 Å². The summed E-state index contributed by atoms with van der Waals surface area (Å²) in [6.07, 6.45) is 64.6. The fourth-order valence-electron chi connectivity index (χ4n) is 7.99. The summed E-state index contributed by atoms with van der Waals surface area (Å²) in [6, 6.07) is 0. The highest BCUT2D eigenvalue weighted by Crippen LogP contribution is 2.43. The van der Waals surface area contributed by atoms with Crippen LogP contribution in [0.1, 0.15) is 271 Å². The highest BCUT2D eigenvalue weighted by Gasteiger charge is 2.26. The number of phosphoric acid groups is 1. The van der Waals surface area contributed by atoms with Crippen molar-refractivity contribution in [3.05, 3.63) is 48.6 Å². The summed E-state index contributed by atoms with van der Waals surface area (Å²) in [5.74, 6) is -0.835. The summed E-state index contributed by atoms with van der Waals surface area (Å²) in [7, 11) is -4.39. The SMILES string of the molecule is CCCCC/C=C\C/C=C\CCCCCCCC(=O)OCC(COP(=O)(O)OCCN)OC(=O)CCCCCCCCCCCCCCCCCCCCC/C=C\C/C=C\CCCCCCC. The van der Waals surface area contributed by atoms with Crippen molar-refractivity contribution < 1.29 is 37.6 Å². The topological polar surface area (TPSA) is 134 Å². The van der Waals surface area contributed by atoms with Gasteiger partial charge in [0.25, 0.3) is 0 Å². The van der Waals surface area contributed by atoms with Crippen molar-refractivity contribution in [3.8, 4) is 0 Å². The smallest absolute Gasteiger partial charge is 0.462 e. The lowest BCUT2D eigenvalue weighted by atomic mass is 10.0. The number of rotatable bonds is 53. The molecule has 0 aromatic carbocycles. The molecule has 0 amide bonds. The van der Waals surface area contributed by atoms with Gasteiger partial charge in [0, 0.05) is 19.4 Å².